The Morgan fingerprint density at radius 1 is 1.35 bits per heavy atom. The van der Waals surface area contributed by atoms with E-state index in [4.69, 9.17) is 11.6 Å². The van der Waals surface area contributed by atoms with Gasteiger partial charge < -0.3 is 5.32 Å². The highest BCUT2D eigenvalue weighted by atomic mass is 35.5. The van der Waals surface area contributed by atoms with E-state index in [0.29, 0.717) is 6.42 Å². The molecule has 0 unspecified atom stereocenters. The first kappa shape index (κ1) is 15.1. The van der Waals surface area contributed by atoms with Crippen LogP contribution in [0.25, 0.3) is 0 Å². The minimum absolute atomic E-state index is 0.103. The molecule has 0 bridgehead atoms. The molecule has 0 radical (unpaired) electrons. The predicted octanol–water partition coefficient (Wildman–Crippen LogP) is 4.08. The topological polar surface area (TPSA) is 29.1 Å². The van der Waals surface area contributed by atoms with Gasteiger partial charge in [-0.3, -0.25) is 4.79 Å². The van der Waals surface area contributed by atoms with Crippen LogP contribution in [0.3, 0.4) is 0 Å². The van der Waals surface area contributed by atoms with Crippen molar-refractivity contribution in [2.45, 2.75) is 32.2 Å². The summed E-state index contributed by atoms with van der Waals surface area (Å²) in [7, 11) is 0. The second kappa shape index (κ2) is 7.46. The first-order valence-electron chi connectivity index (χ1n) is 6.68. The second-order valence-electron chi connectivity index (χ2n) is 4.93. The lowest BCUT2D eigenvalue weighted by atomic mass is 10.1. The standard InChI is InChI=1S/C16H18ClNOS/c1-12(9-14-3-2-4-15(17)10-14)18-16(19)6-5-13-7-8-20-11-13/h2-4,7-8,10-12H,5-6,9H2,1H3,(H,18,19)/t12-/m0/s1. The molecule has 0 saturated carbocycles. The van der Waals surface area contributed by atoms with Gasteiger partial charge >= 0.3 is 0 Å². The van der Waals surface area contributed by atoms with Crippen molar-refractivity contribution < 1.29 is 4.79 Å². The second-order valence-corrected chi connectivity index (χ2v) is 6.15. The van der Waals surface area contributed by atoms with Crippen LogP contribution in [0.15, 0.2) is 41.1 Å². The quantitative estimate of drug-likeness (QED) is 0.856. The molecule has 1 N–H and O–H groups in total. The van der Waals surface area contributed by atoms with E-state index in [1.807, 2.05) is 36.6 Å². The highest BCUT2D eigenvalue weighted by Crippen LogP contribution is 2.12. The summed E-state index contributed by atoms with van der Waals surface area (Å²) >= 11 is 7.62. The van der Waals surface area contributed by atoms with Gasteiger partial charge in [-0.1, -0.05) is 23.7 Å². The summed E-state index contributed by atoms with van der Waals surface area (Å²) in [6.45, 7) is 2.02. The molecule has 0 saturated heterocycles. The number of amides is 1. The van der Waals surface area contributed by atoms with Crippen LogP contribution >= 0.6 is 22.9 Å². The number of rotatable bonds is 6. The van der Waals surface area contributed by atoms with Gasteiger partial charge in [0, 0.05) is 17.5 Å². The third kappa shape index (κ3) is 4.99. The fourth-order valence-corrected chi connectivity index (χ4v) is 3.02. The van der Waals surface area contributed by atoms with E-state index in [0.717, 1.165) is 23.4 Å². The maximum absolute atomic E-state index is 11.9. The van der Waals surface area contributed by atoms with Crippen molar-refractivity contribution in [2.24, 2.45) is 0 Å². The lowest BCUT2D eigenvalue weighted by Crippen LogP contribution is -2.34. The molecule has 2 nitrogen and oxygen atoms in total. The Kier molecular flexibility index (Phi) is 5.62. The van der Waals surface area contributed by atoms with E-state index in [2.05, 4.69) is 16.8 Å². The predicted molar refractivity (Wildman–Crippen MR) is 85.4 cm³/mol. The minimum Gasteiger partial charge on any atom is -0.353 e. The molecule has 0 aliphatic heterocycles. The van der Waals surface area contributed by atoms with Crippen LogP contribution in [0.2, 0.25) is 5.02 Å². The molecule has 0 aliphatic carbocycles. The van der Waals surface area contributed by atoms with E-state index in [1.165, 1.54) is 5.56 Å². The molecule has 20 heavy (non-hydrogen) atoms. The van der Waals surface area contributed by atoms with E-state index < -0.39 is 0 Å². The molecule has 1 atom stereocenters. The smallest absolute Gasteiger partial charge is 0.220 e. The molecular weight excluding hydrogens is 290 g/mol. The molecule has 1 aromatic heterocycles. The van der Waals surface area contributed by atoms with Crippen LogP contribution in [0, 0.1) is 0 Å². The monoisotopic (exact) mass is 307 g/mol. The van der Waals surface area contributed by atoms with Crippen molar-refractivity contribution in [1.29, 1.82) is 0 Å². The minimum atomic E-state index is 0.103. The summed E-state index contributed by atoms with van der Waals surface area (Å²) in [6.07, 6.45) is 2.14. The lowest BCUT2D eigenvalue weighted by Gasteiger charge is -2.14. The molecule has 4 heteroatoms. The van der Waals surface area contributed by atoms with Gasteiger partial charge in [0.05, 0.1) is 0 Å². The number of nitrogens with one attached hydrogen (secondary N) is 1. The van der Waals surface area contributed by atoms with E-state index in [-0.39, 0.29) is 11.9 Å². The first-order chi connectivity index (χ1) is 9.63. The maximum atomic E-state index is 11.9. The summed E-state index contributed by atoms with van der Waals surface area (Å²) in [5, 5.41) is 7.89. The van der Waals surface area contributed by atoms with Gasteiger partial charge in [-0.05, 0) is 59.9 Å². The Bertz CT molecular complexity index is 553. The lowest BCUT2D eigenvalue weighted by molar-refractivity contribution is -0.121. The van der Waals surface area contributed by atoms with E-state index >= 15 is 0 Å². The Hall–Kier alpha value is -1.32. The normalized spacial score (nSPS) is 12.1. The van der Waals surface area contributed by atoms with Crippen LogP contribution in [0.5, 0.6) is 0 Å². The Labute approximate surface area is 128 Å². The Balaban J connectivity index is 1.76. The SMILES string of the molecule is C[C@@H](Cc1cccc(Cl)c1)NC(=O)CCc1ccsc1. The van der Waals surface area contributed by atoms with Crippen molar-refractivity contribution in [3.8, 4) is 0 Å². The summed E-state index contributed by atoms with van der Waals surface area (Å²) < 4.78 is 0. The summed E-state index contributed by atoms with van der Waals surface area (Å²) in [4.78, 5) is 11.9. The molecule has 0 spiro atoms. The van der Waals surface area contributed by atoms with E-state index in [1.54, 1.807) is 11.3 Å². The highest BCUT2D eigenvalue weighted by molar-refractivity contribution is 7.07. The van der Waals surface area contributed by atoms with Crippen molar-refractivity contribution in [2.75, 3.05) is 0 Å². The molecule has 1 amide bonds. The number of thiophene rings is 1. The van der Waals surface area contributed by atoms with Crippen molar-refractivity contribution in [1.82, 2.24) is 5.32 Å². The zero-order chi connectivity index (χ0) is 14.4. The number of hydrogen-bond donors (Lipinski definition) is 1. The van der Waals surface area contributed by atoms with Gasteiger partial charge in [-0.25, -0.2) is 0 Å². The molecule has 1 aromatic carbocycles. The number of hydrogen-bond acceptors (Lipinski definition) is 2. The average molecular weight is 308 g/mol. The largest absolute Gasteiger partial charge is 0.353 e. The fraction of sp³-hybridized carbons (Fsp3) is 0.312. The third-order valence-electron chi connectivity index (χ3n) is 3.06. The number of halogens is 1. The zero-order valence-corrected chi connectivity index (χ0v) is 13.0. The summed E-state index contributed by atoms with van der Waals surface area (Å²) in [6, 6.07) is 9.93. The van der Waals surface area contributed by atoms with Gasteiger partial charge in [-0.15, -0.1) is 0 Å². The zero-order valence-electron chi connectivity index (χ0n) is 11.4. The number of aryl methyl sites for hydroxylation is 1. The van der Waals surface area contributed by atoms with E-state index in [9.17, 15) is 4.79 Å². The van der Waals surface area contributed by atoms with Crippen LogP contribution < -0.4 is 5.32 Å². The van der Waals surface area contributed by atoms with Gasteiger partial charge in [0.1, 0.15) is 0 Å². The summed E-state index contributed by atoms with van der Waals surface area (Å²) in [5.74, 6) is 0.103. The Morgan fingerprint density at radius 3 is 2.90 bits per heavy atom. The number of carbonyl (C=O) groups excluding carboxylic acids is 1. The molecular formula is C16H18ClNOS. The van der Waals surface area contributed by atoms with Gasteiger partial charge in [0.25, 0.3) is 0 Å². The van der Waals surface area contributed by atoms with Crippen molar-refractivity contribution in [3.63, 3.8) is 0 Å². The van der Waals surface area contributed by atoms with Crippen LogP contribution in [-0.2, 0) is 17.6 Å². The molecule has 2 rings (SSSR count). The van der Waals surface area contributed by atoms with Crippen LogP contribution in [0.4, 0.5) is 0 Å². The fourth-order valence-electron chi connectivity index (χ4n) is 2.11. The van der Waals surface area contributed by atoms with Crippen LogP contribution in [0.1, 0.15) is 24.5 Å². The first-order valence-corrected chi connectivity index (χ1v) is 8.00. The molecule has 106 valence electrons. The maximum Gasteiger partial charge on any atom is 0.220 e. The van der Waals surface area contributed by atoms with Gasteiger partial charge in [0.15, 0.2) is 0 Å². The molecule has 1 heterocycles. The Morgan fingerprint density at radius 2 is 2.20 bits per heavy atom. The average Bonchev–Trinajstić information content (AvgIpc) is 2.89. The summed E-state index contributed by atoms with van der Waals surface area (Å²) in [5.41, 5.74) is 2.37. The van der Waals surface area contributed by atoms with Crippen molar-refractivity contribution in [3.05, 3.63) is 57.2 Å². The number of carbonyl (C=O) groups is 1. The molecule has 0 aliphatic rings. The van der Waals surface area contributed by atoms with Crippen LogP contribution in [-0.4, -0.2) is 11.9 Å². The van der Waals surface area contributed by atoms with Gasteiger partial charge in [0.2, 0.25) is 5.91 Å². The molecule has 0 fully saturated rings. The number of benzene rings is 1. The highest BCUT2D eigenvalue weighted by Gasteiger charge is 2.08. The van der Waals surface area contributed by atoms with Crippen molar-refractivity contribution >= 4 is 28.8 Å². The third-order valence-corrected chi connectivity index (χ3v) is 4.03. The van der Waals surface area contributed by atoms with Gasteiger partial charge in [-0.2, -0.15) is 11.3 Å². The molecule has 2 aromatic rings.